The van der Waals surface area contributed by atoms with E-state index in [-0.39, 0.29) is 11.9 Å². The van der Waals surface area contributed by atoms with Crippen molar-refractivity contribution in [1.82, 2.24) is 16.2 Å². The molecule has 1 saturated heterocycles. The number of benzene rings is 2. The summed E-state index contributed by atoms with van der Waals surface area (Å²) < 4.78 is 10.6. The van der Waals surface area contributed by atoms with E-state index in [9.17, 15) is 4.79 Å². The summed E-state index contributed by atoms with van der Waals surface area (Å²) >= 11 is 0. The number of aryl methyl sites for hydroxylation is 1. The van der Waals surface area contributed by atoms with Crippen LogP contribution >= 0.6 is 0 Å². The second kappa shape index (κ2) is 8.07. The average molecular weight is 356 g/mol. The van der Waals surface area contributed by atoms with Crippen molar-refractivity contribution in [2.24, 2.45) is 0 Å². The Labute approximate surface area is 153 Å². The second-order valence-electron chi connectivity index (χ2n) is 6.18. The van der Waals surface area contributed by atoms with Crippen molar-refractivity contribution in [3.8, 4) is 11.5 Å². The SMILES string of the molecule is COc1ccc(NC2NNC(Cc3ccc(C)cc3)C(=O)N2)c(OC)c1. The largest absolute Gasteiger partial charge is 0.497 e. The third kappa shape index (κ3) is 4.25. The summed E-state index contributed by atoms with van der Waals surface area (Å²) in [5, 5.41) is 6.10. The number of methoxy groups -OCH3 is 2. The van der Waals surface area contributed by atoms with Gasteiger partial charge in [-0.25, -0.2) is 10.9 Å². The molecule has 0 aromatic heterocycles. The molecule has 1 amide bonds. The maximum Gasteiger partial charge on any atom is 0.241 e. The molecule has 2 unspecified atom stereocenters. The first-order chi connectivity index (χ1) is 12.6. The molecule has 2 aromatic carbocycles. The first-order valence-corrected chi connectivity index (χ1v) is 8.44. The first kappa shape index (κ1) is 18.0. The van der Waals surface area contributed by atoms with Gasteiger partial charge in [0.15, 0.2) is 6.29 Å². The van der Waals surface area contributed by atoms with Crippen LogP contribution in [-0.4, -0.2) is 32.5 Å². The number of hydrogen-bond acceptors (Lipinski definition) is 6. The van der Waals surface area contributed by atoms with E-state index in [0.29, 0.717) is 17.9 Å². The van der Waals surface area contributed by atoms with Crippen molar-refractivity contribution in [2.45, 2.75) is 25.7 Å². The molecule has 26 heavy (non-hydrogen) atoms. The molecule has 7 nitrogen and oxygen atoms in total. The van der Waals surface area contributed by atoms with Gasteiger partial charge in [0.1, 0.15) is 17.5 Å². The molecule has 1 heterocycles. The van der Waals surface area contributed by atoms with Crippen LogP contribution in [0, 0.1) is 6.92 Å². The fourth-order valence-corrected chi connectivity index (χ4v) is 2.78. The lowest BCUT2D eigenvalue weighted by Crippen LogP contribution is -2.68. The summed E-state index contributed by atoms with van der Waals surface area (Å²) in [6.07, 6.45) is 0.150. The fraction of sp³-hybridized carbons (Fsp3) is 0.316. The molecule has 1 aliphatic rings. The number of ether oxygens (including phenoxy) is 2. The average Bonchev–Trinajstić information content (AvgIpc) is 2.66. The van der Waals surface area contributed by atoms with Crippen LogP contribution in [-0.2, 0) is 11.2 Å². The van der Waals surface area contributed by atoms with Gasteiger partial charge in [0, 0.05) is 6.07 Å². The molecule has 0 radical (unpaired) electrons. The van der Waals surface area contributed by atoms with Crippen molar-refractivity contribution in [3.05, 3.63) is 53.6 Å². The van der Waals surface area contributed by atoms with Gasteiger partial charge in [-0.1, -0.05) is 29.8 Å². The lowest BCUT2D eigenvalue weighted by Gasteiger charge is -2.32. The molecule has 0 saturated carbocycles. The molecule has 3 rings (SSSR count). The summed E-state index contributed by atoms with van der Waals surface area (Å²) in [5.41, 5.74) is 9.20. The van der Waals surface area contributed by atoms with Gasteiger partial charge in [-0.05, 0) is 31.0 Å². The van der Waals surface area contributed by atoms with Crippen LogP contribution in [0.2, 0.25) is 0 Å². The summed E-state index contributed by atoms with van der Waals surface area (Å²) in [7, 11) is 3.19. The molecule has 0 aliphatic carbocycles. The van der Waals surface area contributed by atoms with Crippen molar-refractivity contribution in [2.75, 3.05) is 19.5 Å². The minimum atomic E-state index is -0.459. The Bertz CT molecular complexity index is 764. The van der Waals surface area contributed by atoms with Crippen LogP contribution in [0.15, 0.2) is 42.5 Å². The number of anilines is 1. The maximum atomic E-state index is 12.4. The molecule has 0 spiro atoms. The van der Waals surface area contributed by atoms with Crippen molar-refractivity contribution in [1.29, 1.82) is 0 Å². The van der Waals surface area contributed by atoms with Crippen molar-refractivity contribution < 1.29 is 14.3 Å². The number of amides is 1. The number of hydrazine groups is 1. The Morgan fingerprint density at radius 1 is 1.04 bits per heavy atom. The molecular weight excluding hydrogens is 332 g/mol. The zero-order valence-electron chi connectivity index (χ0n) is 15.1. The number of rotatable bonds is 6. The molecule has 4 N–H and O–H groups in total. The van der Waals surface area contributed by atoms with E-state index in [4.69, 9.17) is 9.47 Å². The highest BCUT2D eigenvalue weighted by molar-refractivity contribution is 5.83. The van der Waals surface area contributed by atoms with Gasteiger partial charge in [0.25, 0.3) is 0 Å². The summed E-state index contributed by atoms with van der Waals surface area (Å²) in [6, 6.07) is 13.3. The first-order valence-electron chi connectivity index (χ1n) is 8.44. The third-order valence-electron chi connectivity index (χ3n) is 4.27. The van der Waals surface area contributed by atoms with E-state index in [1.54, 1.807) is 20.3 Å². The second-order valence-corrected chi connectivity index (χ2v) is 6.18. The van der Waals surface area contributed by atoms with Crippen molar-refractivity contribution in [3.63, 3.8) is 0 Å². The van der Waals surface area contributed by atoms with Crippen molar-refractivity contribution >= 4 is 11.6 Å². The highest BCUT2D eigenvalue weighted by Gasteiger charge is 2.27. The van der Waals surface area contributed by atoms with Gasteiger partial charge in [-0.15, -0.1) is 0 Å². The number of carbonyl (C=O) groups excluding carboxylic acids is 1. The molecule has 1 aliphatic heterocycles. The molecule has 2 atom stereocenters. The van der Waals surface area contributed by atoms with Crippen LogP contribution in [0.3, 0.4) is 0 Å². The zero-order valence-corrected chi connectivity index (χ0v) is 15.1. The minimum absolute atomic E-state index is 0.0747. The molecule has 7 heteroatoms. The van der Waals surface area contributed by atoms with Crippen LogP contribution in [0.5, 0.6) is 11.5 Å². The highest BCUT2D eigenvalue weighted by Crippen LogP contribution is 2.29. The monoisotopic (exact) mass is 356 g/mol. The Hall–Kier alpha value is -2.77. The number of carbonyl (C=O) groups is 1. The lowest BCUT2D eigenvalue weighted by atomic mass is 10.0. The van der Waals surface area contributed by atoms with Crippen LogP contribution in [0.25, 0.3) is 0 Å². The number of hydrogen-bond donors (Lipinski definition) is 4. The smallest absolute Gasteiger partial charge is 0.241 e. The quantitative estimate of drug-likeness (QED) is 0.629. The number of nitrogens with one attached hydrogen (secondary N) is 4. The topological polar surface area (TPSA) is 83.7 Å². The predicted molar refractivity (Wildman–Crippen MR) is 100 cm³/mol. The van der Waals surface area contributed by atoms with E-state index in [2.05, 4.69) is 21.5 Å². The van der Waals surface area contributed by atoms with Gasteiger partial charge in [-0.2, -0.15) is 0 Å². The van der Waals surface area contributed by atoms with E-state index in [0.717, 1.165) is 11.3 Å². The van der Waals surface area contributed by atoms with Crippen LogP contribution in [0.1, 0.15) is 11.1 Å². The lowest BCUT2D eigenvalue weighted by molar-refractivity contribution is -0.126. The van der Waals surface area contributed by atoms with Crippen LogP contribution < -0.4 is 31.0 Å². The normalized spacial score (nSPS) is 19.6. The standard InChI is InChI=1S/C19H24N4O3/c1-12-4-6-13(7-5-12)10-16-18(24)21-19(23-22-16)20-15-9-8-14(25-2)11-17(15)26-3/h4-9,11,16,19-20,22-23H,10H2,1-3H3,(H,21,24). The molecule has 138 valence electrons. The summed E-state index contributed by atoms with van der Waals surface area (Å²) in [4.78, 5) is 12.4. The zero-order chi connectivity index (χ0) is 18.5. The van der Waals surface area contributed by atoms with E-state index in [1.807, 2.05) is 43.3 Å². The third-order valence-corrected chi connectivity index (χ3v) is 4.27. The Morgan fingerprint density at radius 3 is 2.46 bits per heavy atom. The minimum Gasteiger partial charge on any atom is -0.497 e. The Morgan fingerprint density at radius 2 is 1.81 bits per heavy atom. The van der Waals surface area contributed by atoms with Gasteiger partial charge in [0.2, 0.25) is 5.91 Å². The maximum absolute atomic E-state index is 12.4. The highest BCUT2D eigenvalue weighted by atomic mass is 16.5. The summed E-state index contributed by atoms with van der Waals surface area (Å²) in [6.45, 7) is 2.04. The van der Waals surface area contributed by atoms with Crippen LogP contribution in [0.4, 0.5) is 5.69 Å². The predicted octanol–water partition coefficient (Wildman–Crippen LogP) is 1.54. The molecular formula is C19H24N4O3. The van der Waals surface area contributed by atoms with Gasteiger partial charge < -0.3 is 20.1 Å². The molecule has 1 fully saturated rings. The Balaban J connectivity index is 1.60. The van der Waals surface area contributed by atoms with E-state index < -0.39 is 6.29 Å². The fourth-order valence-electron chi connectivity index (χ4n) is 2.78. The van der Waals surface area contributed by atoms with Gasteiger partial charge >= 0.3 is 0 Å². The van der Waals surface area contributed by atoms with E-state index >= 15 is 0 Å². The molecule has 2 aromatic rings. The van der Waals surface area contributed by atoms with E-state index in [1.165, 1.54) is 5.56 Å². The Kier molecular flexibility index (Phi) is 5.60. The summed E-state index contributed by atoms with van der Waals surface area (Å²) in [5.74, 6) is 1.25. The van der Waals surface area contributed by atoms with Gasteiger partial charge in [0.05, 0.1) is 19.9 Å². The molecule has 0 bridgehead atoms. The van der Waals surface area contributed by atoms with Gasteiger partial charge in [-0.3, -0.25) is 4.79 Å².